The molecule has 2 rings (SSSR count). The number of hydrogen-bond donors (Lipinski definition) is 0. The Labute approximate surface area is 114 Å². The molecule has 0 unspecified atom stereocenters. The van der Waals surface area contributed by atoms with Crippen molar-refractivity contribution in [1.29, 1.82) is 0 Å². The zero-order chi connectivity index (χ0) is 13.5. The van der Waals surface area contributed by atoms with Crippen LogP contribution >= 0.6 is 0 Å². The van der Waals surface area contributed by atoms with Gasteiger partial charge in [0.2, 0.25) is 0 Å². The molecule has 0 aliphatic rings. The Morgan fingerprint density at radius 3 is 2.37 bits per heavy atom. The van der Waals surface area contributed by atoms with Crippen molar-refractivity contribution >= 4 is 0 Å². The largest absolute Gasteiger partial charge is 0.489 e. The van der Waals surface area contributed by atoms with Crippen LogP contribution in [-0.2, 0) is 6.42 Å². The van der Waals surface area contributed by atoms with E-state index in [-0.39, 0.29) is 0 Å². The Kier molecular flexibility index (Phi) is 4.57. The summed E-state index contributed by atoms with van der Waals surface area (Å²) >= 11 is 0. The van der Waals surface area contributed by atoms with Crippen LogP contribution in [0.1, 0.15) is 5.56 Å². The van der Waals surface area contributed by atoms with Crippen molar-refractivity contribution in [2.75, 3.05) is 6.61 Å². The van der Waals surface area contributed by atoms with Crippen molar-refractivity contribution in [2.24, 2.45) is 0 Å². The molecule has 0 atom stereocenters. The summed E-state index contributed by atoms with van der Waals surface area (Å²) in [5.41, 5.74) is 3.50. The van der Waals surface area contributed by atoms with Crippen LogP contribution in [0.4, 0.5) is 0 Å². The molecule has 0 aromatic heterocycles. The van der Waals surface area contributed by atoms with Crippen molar-refractivity contribution in [2.45, 2.75) is 6.42 Å². The first-order chi connectivity index (χ1) is 9.35. The van der Waals surface area contributed by atoms with Gasteiger partial charge in [0.15, 0.2) is 0 Å². The summed E-state index contributed by atoms with van der Waals surface area (Å²) in [5, 5.41) is 0. The van der Waals surface area contributed by atoms with Gasteiger partial charge in [0.05, 0.1) is 0 Å². The molecule has 0 saturated heterocycles. The highest BCUT2D eigenvalue weighted by atomic mass is 16.5. The molecule has 0 bridgehead atoms. The molecule has 0 fully saturated rings. The molecule has 1 heteroatoms. The topological polar surface area (TPSA) is 9.23 Å². The summed E-state index contributed by atoms with van der Waals surface area (Å²) in [6.45, 7) is 7.99. The predicted molar refractivity (Wildman–Crippen MR) is 81.5 cm³/mol. The van der Waals surface area contributed by atoms with Crippen molar-refractivity contribution in [3.05, 3.63) is 79.4 Å². The van der Waals surface area contributed by atoms with E-state index in [0.717, 1.165) is 23.3 Å². The second-order valence-electron chi connectivity index (χ2n) is 4.28. The summed E-state index contributed by atoms with van der Waals surface area (Å²) in [6, 6.07) is 16.6. The van der Waals surface area contributed by atoms with Crippen LogP contribution in [0.5, 0.6) is 5.75 Å². The predicted octanol–water partition coefficient (Wildman–Crippen LogP) is 4.65. The second-order valence-corrected chi connectivity index (χ2v) is 4.28. The van der Waals surface area contributed by atoms with Gasteiger partial charge in [0.25, 0.3) is 0 Å². The minimum atomic E-state index is 0.516. The van der Waals surface area contributed by atoms with Crippen molar-refractivity contribution in [1.82, 2.24) is 0 Å². The molecular formula is C18H18O. The van der Waals surface area contributed by atoms with Gasteiger partial charge in [-0.2, -0.15) is 0 Å². The smallest absolute Gasteiger partial charge is 0.123 e. The van der Waals surface area contributed by atoms with Crippen molar-refractivity contribution in [3.63, 3.8) is 0 Å². The molecule has 0 N–H and O–H groups in total. The Hall–Kier alpha value is -2.28. The Morgan fingerprint density at radius 2 is 1.68 bits per heavy atom. The molecule has 0 spiro atoms. The van der Waals surface area contributed by atoms with Crippen LogP contribution in [0.25, 0.3) is 11.1 Å². The lowest BCUT2D eigenvalue weighted by Crippen LogP contribution is -1.97. The van der Waals surface area contributed by atoms with Crippen LogP contribution in [0, 0.1) is 0 Å². The van der Waals surface area contributed by atoms with E-state index < -0.39 is 0 Å². The fraction of sp³-hybridized carbons (Fsp3) is 0.111. The maximum absolute atomic E-state index is 5.74. The lowest BCUT2D eigenvalue weighted by atomic mass is 10.0. The van der Waals surface area contributed by atoms with Crippen molar-refractivity contribution in [3.8, 4) is 16.9 Å². The molecule has 0 aliphatic heterocycles. The fourth-order valence-electron chi connectivity index (χ4n) is 1.97. The lowest BCUT2D eigenvalue weighted by molar-refractivity contribution is 0.360. The molecule has 2 aromatic carbocycles. The Balaban J connectivity index is 2.36. The van der Waals surface area contributed by atoms with Gasteiger partial charge in [-0.1, -0.05) is 61.2 Å². The van der Waals surface area contributed by atoms with Gasteiger partial charge in [0.1, 0.15) is 12.4 Å². The van der Waals surface area contributed by atoms with Crippen LogP contribution in [-0.4, -0.2) is 6.61 Å². The summed E-state index contributed by atoms with van der Waals surface area (Å²) in [5.74, 6) is 0.904. The van der Waals surface area contributed by atoms with E-state index in [1.165, 1.54) is 5.56 Å². The molecule has 2 aromatic rings. The van der Waals surface area contributed by atoms with E-state index in [1.54, 1.807) is 6.08 Å². The molecule has 19 heavy (non-hydrogen) atoms. The van der Waals surface area contributed by atoms with Crippen LogP contribution in [0.2, 0.25) is 0 Å². The van der Waals surface area contributed by atoms with Gasteiger partial charge >= 0.3 is 0 Å². The summed E-state index contributed by atoms with van der Waals surface area (Å²) in [6.07, 6.45) is 4.45. The zero-order valence-electron chi connectivity index (χ0n) is 11.0. The SMILES string of the molecule is C=CCOc1cc(-c2ccccc2)ccc1CC=C. The van der Waals surface area contributed by atoms with E-state index >= 15 is 0 Å². The van der Waals surface area contributed by atoms with Gasteiger partial charge < -0.3 is 4.74 Å². The molecule has 0 amide bonds. The number of allylic oxidation sites excluding steroid dienone is 1. The van der Waals surface area contributed by atoms with Gasteiger partial charge in [-0.05, 0) is 29.2 Å². The molecule has 0 saturated carbocycles. The minimum absolute atomic E-state index is 0.516. The third-order valence-corrected chi connectivity index (χ3v) is 2.90. The van der Waals surface area contributed by atoms with Crippen LogP contribution in [0.3, 0.4) is 0 Å². The van der Waals surface area contributed by atoms with Crippen LogP contribution in [0.15, 0.2) is 73.8 Å². The maximum atomic E-state index is 5.74. The summed E-state index contributed by atoms with van der Waals surface area (Å²) in [4.78, 5) is 0. The second kappa shape index (κ2) is 6.60. The summed E-state index contributed by atoms with van der Waals surface area (Å²) in [7, 11) is 0. The molecule has 0 aliphatic carbocycles. The van der Waals surface area contributed by atoms with Gasteiger partial charge in [0, 0.05) is 0 Å². The third-order valence-electron chi connectivity index (χ3n) is 2.90. The monoisotopic (exact) mass is 250 g/mol. The maximum Gasteiger partial charge on any atom is 0.123 e. The van der Waals surface area contributed by atoms with Crippen LogP contribution < -0.4 is 4.74 Å². The normalized spacial score (nSPS) is 9.89. The number of benzene rings is 2. The highest BCUT2D eigenvalue weighted by Crippen LogP contribution is 2.28. The van der Waals surface area contributed by atoms with Gasteiger partial charge in [-0.25, -0.2) is 0 Å². The number of ether oxygens (including phenoxy) is 1. The van der Waals surface area contributed by atoms with E-state index in [1.807, 2.05) is 24.3 Å². The van der Waals surface area contributed by atoms with E-state index in [2.05, 4.69) is 43.5 Å². The molecular weight excluding hydrogens is 232 g/mol. The highest BCUT2D eigenvalue weighted by Gasteiger charge is 2.05. The Morgan fingerprint density at radius 1 is 0.895 bits per heavy atom. The van der Waals surface area contributed by atoms with E-state index in [9.17, 15) is 0 Å². The fourth-order valence-corrected chi connectivity index (χ4v) is 1.97. The molecule has 0 heterocycles. The molecule has 1 nitrogen and oxygen atoms in total. The zero-order valence-corrected chi connectivity index (χ0v) is 11.0. The first-order valence-electron chi connectivity index (χ1n) is 6.38. The third kappa shape index (κ3) is 3.35. The first kappa shape index (κ1) is 13.2. The van der Waals surface area contributed by atoms with E-state index in [0.29, 0.717) is 6.61 Å². The first-order valence-corrected chi connectivity index (χ1v) is 6.38. The summed E-state index contributed by atoms with van der Waals surface area (Å²) < 4.78 is 5.74. The Bertz CT molecular complexity index is 555. The standard InChI is InChI=1S/C18H18O/c1-3-8-16-11-12-17(14-18(16)19-13-4-2)15-9-6-5-7-10-15/h3-7,9-12,14H,1-2,8,13H2. The molecule has 96 valence electrons. The molecule has 0 radical (unpaired) electrons. The lowest BCUT2D eigenvalue weighted by Gasteiger charge is -2.11. The van der Waals surface area contributed by atoms with Gasteiger partial charge in [-0.15, -0.1) is 6.58 Å². The quantitative estimate of drug-likeness (QED) is 0.678. The minimum Gasteiger partial charge on any atom is -0.489 e. The van der Waals surface area contributed by atoms with Crippen molar-refractivity contribution < 1.29 is 4.74 Å². The van der Waals surface area contributed by atoms with Gasteiger partial charge in [-0.3, -0.25) is 0 Å². The highest BCUT2D eigenvalue weighted by molar-refractivity contribution is 5.66. The number of hydrogen-bond acceptors (Lipinski definition) is 1. The average molecular weight is 250 g/mol. The van der Waals surface area contributed by atoms with E-state index in [4.69, 9.17) is 4.74 Å². The average Bonchev–Trinajstić information content (AvgIpc) is 2.47. The number of rotatable bonds is 6.